The fourth-order valence-electron chi connectivity index (χ4n) is 3.71. The molecule has 0 radical (unpaired) electrons. The van der Waals surface area contributed by atoms with Gasteiger partial charge in [0.25, 0.3) is 17.4 Å². The average molecular weight is 449 g/mol. The number of likely N-dealkylation sites (tertiary alicyclic amines) is 1. The van der Waals surface area contributed by atoms with E-state index >= 15 is 0 Å². The standard InChI is InChI=1S/C24H17ClN2O5/c25-18-10-6-17(7-11-18)22(28)20-21(16-8-12-19(13-9-16)27(31)32)26(24(30)23(20)29)14-15-4-2-1-3-5-15/h1-13,21,28H,14H2/b22-20+/t21-/m1/s1. The molecular weight excluding hydrogens is 432 g/mol. The van der Waals surface area contributed by atoms with Crippen LogP contribution in [0.25, 0.3) is 5.76 Å². The van der Waals surface area contributed by atoms with Crippen molar-refractivity contribution in [3.05, 3.63) is 116 Å². The third kappa shape index (κ3) is 3.98. The van der Waals surface area contributed by atoms with Gasteiger partial charge in [0.1, 0.15) is 5.76 Å². The summed E-state index contributed by atoms with van der Waals surface area (Å²) in [5.41, 5.74) is 1.40. The topological polar surface area (TPSA) is 101 Å². The second kappa shape index (κ2) is 8.64. The number of carbonyl (C=O) groups excluding carboxylic acids is 2. The van der Waals surface area contributed by atoms with Crippen LogP contribution in [0, 0.1) is 10.1 Å². The summed E-state index contributed by atoms with van der Waals surface area (Å²) in [7, 11) is 0. The molecule has 0 aromatic heterocycles. The van der Waals surface area contributed by atoms with Gasteiger partial charge < -0.3 is 10.0 Å². The number of benzene rings is 3. The number of aliphatic hydroxyl groups excluding tert-OH is 1. The summed E-state index contributed by atoms with van der Waals surface area (Å²) in [6.45, 7) is 0.129. The van der Waals surface area contributed by atoms with Crippen molar-refractivity contribution in [3.8, 4) is 0 Å². The molecule has 3 aromatic carbocycles. The Morgan fingerprint density at radius 2 is 1.59 bits per heavy atom. The van der Waals surface area contributed by atoms with Gasteiger partial charge in [-0.15, -0.1) is 0 Å². The number of nitro benzene ring substituents is 1. The Labute approximate surface area is 188 Å². The molecular formula is C24H17ClN2O5. The van der Waals surface area contributed by atoms with Crippen LogP contribution < -0.4 is 0 Å². The minimum absolute atomic E-state index is 0.0814. The van der Waals surface area contributed by atoms with Gasteiger partial charge in [-0.25, -0.2) is 0 Å². The number of Topliss-reactive ketones (excluding diaryl/α,β-unsaturated/α-hetero) is 1. The fourth-order valence-corrected chi connectivity index (χ4v) is 3.84. The minimum Gasteiger partial charge on any atom is -0.507 e. The van der Waals surface area contributed by atoms with Crippen LogP contribution in [0.2, 0.25) is 5.02 Å². The predicted octanol–water partition coefficient (Wildman–Crippen LogP) is 4.87. The molecule has 0 aliphatic carbocycles. The van der Waals surface area contributed by atoms with Gasteiger partial charge in [0, 0.05) is 29.3 Å². The van der Waals surface area contributed by atoms with E-state index in [4.69, 9.17) is 11.6 Å². The second-order valence-corrected chi connectivity index (χ2v) is 7.70. The van der Waals surface area contributed by atoms with E-state index in [2.05, 4.69) is 0 Å². The van der Waals surface area contributed by atoms with Crippen LogP contribution >= 0.6 is 11.6 Å². The van der Waals surface area contributed by atoms with Gasteiger partial charge in [0.05, 0.1) is 16.5 Å². The summed E-state index contributed by atoms with van der Waals surface area (Å²) in [5.74, 6) is -1.91. The van der Waals surface area contributed by atoms with Crippen LogP contribution in [-0.2, 0) is 16.1 Å². The third-order valence-electron chi connectivity index (χ3n) is 5.27. The third-order valence-corrected chi connectivity index (χ3v) is 5.52. The average Bonchev–Trinajstić information content (AvgIpc) is 3.05. The first kappa shape index (κ1) is 21.3. The fraction of sp³-hybridized carbons (Fsp3) is 0.0833. The van der Waals surface area contributed by atoms with Crippen molar-refractivity contribution in [2.75, 3.05) is 0 Å². The molecule has 1 atom stereocenters. The summed E-state index contributed by atoms with van der Waals surface area (Å²) >= 11 is 5.92. The van der Waals surface area contributed by atoms with Gasteiger partial charge in [0.15, 0.2) is 0 Å². The lowest BCUT2D eigenvalue weighted by Gasteiger charge is -2.25. The minimum atomic E-state index is -0.910. The summed E-state index contributed by atoms with van der Waals surface area (Å²) in [6.07, 6.45) is 0. The maximum Gasteiger partial charge on any atom is 0.295 e. The summed E-state index contributed by atoms with van der Waals surface area (Å²) < 4.78 is 0. The van der Waals surface area contributed by atoms with Crippen LogP contribution in [0.15, 0.2) is 84.4 Å². The normalized spacial score (nSPS) is 17.5. The number of nitro groups is 1. The van der Waals surface area contributed by atoms with Gasteiger partial charge in [0.2, 0.25) is 0 Å². The predicted molar refractivity (Wildman–Crippen MR) is 119 cm³/mol. The van der Waals surface area contributed by atoms with Crippen LogP contribution in [0.5, 0.6) is 0 Å². The molecule has 1 heterocycles. The number of halogens is 1. The molecule has 4 rings (SSSR count). The largest absolute Gasteiger partial charge is 0.507 e. The molecule has 1 saturated heterocycles. The van der Waals surface area contributed by atoms with Gasteiger partial charge in [-0.2, -0.15) is 0 Å². The van der Waals surface area contributed by atoms with Gasteiger partial charge in [-0.05, 0) is 47.5 Å². The Kier molecular flexibility index (Phi) is 5.75. The quantitative estimate of drug-likeness (QED) is 0.197. The number of hydrogen-bond donors (Lipinski definition) is 1. The summed E-state index contributed by atoms with van der Waals surface area (Å²) in [5, 5.41) is 22.5. The lowest BCUT2D eigenvalue weighted by atomic mass is 9.95. The van der Waals surface area contributed by atoms with Gasteiger partial charge in [-0.1, -0.05) is 41.9 Å². The molecule has 1 aliphatic heterocycles. The zero-order valence-electron chi connectivity index (χ0n) is 16.6. The van der Waals surface area contributed by atoms with Crippen molar-refractivity contribution >= 4 is 34.7 Å². The SMILES string of the molecule is O=C1C(=O)N(Cc2ccccc2)[C@H](c2ccc([N+](=O)[O-])cc2)/C1=C(\O)c1ccc(Cl)cc1. The van der Waals surface area contributed by atoms with E-state index < -0.39 is 22.7 Å². The molecule has 32 heavy (non-hydrogen) atoms. The monoisotopic (exact) mass is 448 g/mol. The maximum absolute atomic E-state index is 13.0. The maximum atomic E-state index is 13.0. The highest BCUT2D eigenvalue weighted by Crippen LogP contribution is 2.40. The summed E-state index contributed by atoms with van der Waals surface area (Å²) in [6, 6.07) is 20.0. The van der Waals surface area contributed by atoms with Crippen LogP contribution in [0.4, 0.5) is 5.69 Å². The first-order chi connectivity index (χ1) is 15.4. The Morgan fingerprint density at radius 1 is 0.969 bits per heavy atom. The van der Waals surface area contributed by atoms with Crippen LogP contribution in [-0.4, -0.2) is 26.6 Å². The van der Waals surface area contributed by atoms with E-state index in [0.29, 0.717) is 16.1 Å². The first-order valence-electron chi connectivity index (χ1n) is 9.69. The number of aliphatic hydroxyl groups is 1. The number of rotatable bonds is 5. The first-order valence-corrected chi connectivity index (χ1v) is 10.1. The second-order valence-electron chi connectivity index (χ2n) is 7.27. The van der Waals surface area contributed by atoms with E-state index in [0.717, 1.165) is 5.56 Å². The number of non-ortho nitro benzene ring substituents is 1. The molecule has 7 nitrogen and oxygen atoms in total. The van der Waals surface area contributed by atoms with Crippen LogP contribution in [0.1, 0.15) is 22.7 Å². The zero-order chi connectivity index (χ0) is 22.8. The van der Waals surface area contributed by atoms with E-state index in [1.165, 1.54) is 29.2 Å². The highest BCUT2D eigenvalue weighted by atomic mass is 35.5. The molecule has 0 saturated carbocycles. The Bertz CT molecular complexity index is 1220. The molecule has 0 bridgehead atoms. The lowest BCUT2D eigenvalue weighted by Crippen LogP contribution is -2.29. The van der Waals surface area contributed by atoms with E-state index in [1.54, 1.807) is 24.3 Å². The Hall–Kier alpha value is -3.97. The van der Waals surface area contributed by atoms with Crippen molar-refractivity contribution in [1.82, 2.24) is 4.90 Å². The molecule has 3 aromatic rings. The number of carbonyl (C=O) groups is 2. The van der Waals surface area contributed by atoms with E-state index in [1.807, 2.05) is 30.3 Å². The van der Waals surface area contributed by atoms with Crippen molar-refractivity contribution < 1.29 is 19.6 Å². The number of amides is 1. The summed E-state index contributed by atoms with van der Waals surface area (Å²) in [4.78, 5) is 37.9. The molecule has 1 fully saturated rings. The smallest absolute Gasteiger partial charge is 0.295 e. The molecule has 0 unspecified atom stereocenters. The highest BCUT2D eigenvalue weighted by molar-refractivity contribution is 6.46. The molecule has 1 amide bonds. The number of ketones is 1. The molecule has 1 N–H and O–H groups in total. The number of nitrogens with zero attached hydrogens (tertiary/aromatic N) is 2. The Balaban J connectivity index is 1.85. The van der Waals surface area contributed by atoms with Crippen molar-refractivity contribution in [1.29, 1.82) is 0 Å². The molecule has 1 aliphatic rings. The lowest BCUT2D eigenvalue weighted by molar-refractivity contribution is -0.384. The Morgan fingerprint density at radius 3 is 2.19 bits per heavy atom. The van der Waals surface area contributed by atoms with Gasteiger partial charge >= 0.3 is 0 Å². The van der Waals surface area contributed by atoms with Crippen molar-refractivity contribution in [2.24, 2.45) is 0 Å². The number of hydrogen-bond acceptors (Lipinski definition) is 5. The van der Waals surface area contributed by atoms with E-state index in [-0.39, 0.29) is 23.6 Å². The van der Waals surface area contributed by atoms with Crippen molar-refractivity contribution in [3.63, 3.8) is 0 Å². The van der Waals surface area contributed by atoms with Gasteiger partial charge in [-0.3, -0.25) is 19.7 Å². The molecule has 8 heteroatoms. The zero-order valence-corrected chi connectivity index (χ0v) is 17.4. The van der Waals surface area contributed by atoms with Crippen LogP contribution in [0.3, 0.4) is 0 Å². The van der Waals surface area contributed by atoms with E-state index in [9.17, 15) is 24.8 Å². The molecule has 160 valence electrons. The molecule has 0 spiro atoms. The van der Waals surface area contributed by atoms with Crippen molar-refractivity contribution in [2.45, 2.75) is 12.6 Å². The highest BCUT2D eigenvalue weighted by Gasteiger charge is 2.46.